The highest BCUT2D eigenvalue weighted by atomic mass is 16.2. The fourth-order valence-corrected chi connectivity index (χ4v) is 2.60. The number of hydrogen-bond donors (Lipinski definition) is 3. The lowest BCUT2D eigenvalue weighted by Gasteiger charge is -2.19. The molecule has 0 radical (unpaired) electrons. The topological polar surface area (TPSA) is 126 Å². The predicted molar refractivity (Wildman–Crippen MR) is 93.4 cm³/mol. The number of carbonyl (C=O) groups excluding carboxylic acids is 1. The van der Waals surface area contributed by atoms with Gasteiger partial charge in [0, 0.05) is 18.3 Å². The van der Waals surface area contributed by atoms with Crippen molar-refractivity contribution < 1.29 is 4.79 Å². The van der Waals surface area contributed by atoms with Crippen LogP contribution in [0, 0.1) is 0 Å². The Morgan fingerprint density at radius 1 is 1.23 bits per heavy atom. The molecule has 2 aromatic heterocycles. The molecule has 1 amide bonds. The minimum Gasteiger partial charge on any atom is -0.349 e. The molecule has 0 fully saturated rings. The Morgan fingerprint density at radius 2 is 2.04 bits per heavy atom. The highest BCUT2D eigenvalue weighted by Gasteiger charge is 2.16. The molecule has 1 atom stereocenters. The maximum Gasteiger partial charge on any atom is 0.325 e. The van der Waals surface area contributed by atoms with E-state index in [4.69, 9.17) is 0 Å². The van der Waals surface area contributed by atoms with Crippen molar-refractivity contribution in [3.63, 3.8) is 0 Å². The van der Waals surface area contributed by atoms with Gasteiger partial charge in [0.25, 0.3) is 5.56 Å². The van der Waals surface area contributed by atoms with Gasteiger partial charge in [-0.25, -0.2) is 9.78 Å². The van der Waals surface area contributed by atoms with E-state index in [1.807, 2.05) is 30.3 Å². The maximum absolute atomic E-state index is 12.4. The van der Waals surface area contributed by atoms with Gasteiger partial charge >= 0.3 is 5.69 Å². The minimum absolute atomic E-state index is 0.126. The van der Waals surface area contributed by atoms with Crippen LogP contribution in [0.4, 0.5) is 0 Å². The fourth-order valence-electron chi connectivity index (χ4n) is 2.60. The van der Waals surface area contributed by atoms with Crippen molar-refractivity contribution >= 4 is 5.91 Å². The van der Waals surface area contributed by atoms with E-state index >= 15 is 0 Å². The smallest absolute Gasteiger partial charge is 0.325 e. The summed E-state index contributed by atoms with van der Waals surface area (Å²) in [5.74, 6) is -0.310. The first-order valence-corrected chi connectivity index (χ1v) is 8.09. The number of amides is 1. The van der Waals surface area contributed by atoms with Crippen LogP contribution in [0.2, 0.25) is 0 Å². The number of rotatable bonds is 7. The SMILES string of the molecule is O=C(Cc1c[nH]c(=O)[nH]c1=O)N[C@H](CCn1cncn1)c1ccccc1. The molecular formula is C17H18N6O3. The van der Waals surface area contributed by atoms with E-state index in [9.17, 15) is 14.4 Å². The second-order valence-electron chi connectivity index (χ2n) is 5.75. The normalized spacial score (nSPS) is 11.8. The number of hydrogen-bond acceptors (Lipinski definition) is 5. The molecule has 9 heteroatoms. The molecule has 1 aromatic carbocycles. The molecule has 26 heavy (non-hydrogen) atoms. The van der Waals surface area contributed by atoms with Crippen LogP contribution in [0.15, 0.2) is 58.8 Å². The monoisotopic (exact) mass is 354 g/mol. The minimum atomic E-state index is -0.603. The number of aromatic nitrogens is 5. The van der Waals surface area contributed by atoms with Gasteiger partial charge in [0.1, 0.15) is 12.7 Å². The summed E-state index contributed by atoms with van der Waals surface area (Å²) in [6, 6.07) is 9.32. The third kappa shape index (κ3) is 4.53. The molecule has 2 heterocycles. The van der Waals surface area contributed by atoms with E-state index < -0.39 is 11.2 Å². The van der Waals surface area contributed by atoms with Gasteiger partial charge in [-0.2, -0.15) is 5.10 Å². The molecule has 0 aliphatic rings. The van der Waals surface area contributed by atoms with E-state index in [0.717, 1.165) is 5.56 Å². The Bertz CT molecular complexity index is 962. The Balaban J connectivity index is 1.70. The summed E-state index contributed by atoms with van der Waals surface area (Å²) in [7, 11) is 0. The van der Waals surface area contributed by atoms with E-state index in [2.05, 4.69) is 25.4 Å². The van der Waals surface area contributed by atoms with E-state index in [-0.39, 0.29) is 23.9 Å². The lowest BCUT2D eigenvalue weighted by molar-refractivity contribution is -0.121. The molecule has 134 valence electrons. The maximum atomic E-state index is 12.4. The summed E-state index contributed by atoms with van der Waals surface area (Å²) in [6.07, 6.45) is 4.82. The quantitative estimate of drug-likeness (QED) is 0.557. The van der Waals surface area contributed by atoms with Gasteiger partial charge in [0.05, 0.1) is 12.5 Å². The molecule has 0 aliphatic heterocycles. The summed E-state index contributed by atoms with van der Waals surface area (Å²) in [4.78, 5) is 43.6. The Kier molecular flexibility index (Phi) is 5.37. The second kappa shape index (κ2) is 8.06. The van der Waals surface area contributed by atoms with Crippen LogP contribution in [-0.4, -0.2) is 30.6 Å². The van der Waals surface area contributed by atoms with Crippen LogP contribution in [-0.2, 0) is 17.8 Å². The van der Waals surface area contributed by atoms with Gasteiger partial charge < -0.3 is 10.3 Å². The third-order valence-electron chi connectivity index (χ3n) is 3.90. The first kappa shape index (κ1) is 17.3. The second-order valence-corrected chi connectivity index (χ2v) is 5.75. The molecular weight excluding hydrogens is 336 g/mol. The Morgan fingerprint density at radius 3 is 2.73 bits per heavy atom. The van der Waals surface area contributed by atoms with Crippen molar-refractivity contribution in [1.82, 2.24) is 30.0 Å². The van der Waals surface area contributed by atoms with E-state index in [1.165, 1.54) is 12.5 Å². The molecule has 3 rings (SSSR count). The number of carbonyl (C=O) groups is 1. The molecule has 0 unspecified atom stereocenters. The van der Waals surface area contributed by atoms with Gasteiger partial charge in [-0.05, 0) is 12.0 Å². The number of benzene rings is 1. The zero-order valence-corrected chi connectivity index (χ0v) is 13.9. The number of nitrogens with zero attached hydrogens (tertiary/aromatic N) is 3. The summed E-state index contributed by atoms with van der Waals surface area (Å²) < 4.78 is 1.69. The Labute approximate surface area is 148 Å². The molecule has 9 nitrogen and oxygen atoms in total. The van der Waals surface area contributed by atoms with E-state index in [0.29, 0.717) is 13.0 Å². The van der Waals surface area contributed by atoms with Crippen LogP contribution < -0.4 is 16.6 Å². The van der Waals surface area contributed by atoms with Gasteiger partial charge in [-0.15, -0.1) is 0 Å². The molecule has 0 spiro atoms. The standard InChI is InChI=1S/C17H18N6O3/c24-15(8-13-9-19-17(26)22-16(13)25)21-14(12-4-2-1-3-5-12)6-7-23-11-18-10-20-23/h1-5,9-11,14H,6-8H2,(H,21,24)(H2,19,22,25,26)/t14-/m1/s1. The lowest BCUT2D eigenvalue weighted by Crippen LogP contribution is -2.33. The summed E-state index contributed by atoms with van der Waals surface area (Å²) >= 11 is 0. The molecule has 0 saturated heterocycles. The average molecular weight is 354 g/mol. The van der Waals surface area contributed by atoms with E-state index in [1.54, 1.807) is 11.0 Å². The largest absolute Gasteiger partial charge is 0.349 e. The van der Waals surface area contributed by atoms with Crippen LogP contribution in [0.5, 0.6) is 0 Å². The molecule has 3 N–H and O–H groups in total. The number of nitrogens with one attached hydrogen (secondary N) is 3. The lowest BCUT2D eigenvalue weighted by atomic mass is 10.0. The number of aromatic amines is 2. The zero-order chi connectivity index (χ0) is 18.4. The zero-order valence-electron chi connectivity index (χ0n) is 13.9. The van der Waals surface area contributed by atoms with Crippen LogP contribution in [0.25, 0.3) is 0 Å². The third-order valence-corrected chi connectivity index (χ3v) is 3.90. The fraction of sp³-hybridized carbons (Fsp3) is 0.235. The van der Waals surface area contributed by atoms with Crippen molar-refractivity contribution in [2.75, 3.05) is 0 Å². The van der Waals surface area contributed by atoms with Gasteiger partial charge in [0.2, 0.25) is 5.91 Å². The first-order valence-electron chi connectivity index (χ1n) is 8.09. The highest BCUT2D eigenvalue weighted by molar-refractivity contribution is 5.78. The average Bonchev–Trinajstić information content (AvgIpc) is 3.15. The van der Waals surface area contributed by atoms with Crippen LogP contribution >= 0.6 is 0 Å². The van der Waals surface area contributed by atoms with Gasteiger partial charge in [0.15, 0.2) is 0 Å². The van der Waals surface area contributed by atoms with Gasteiger partial charge in [-0.3, -0.25) is 19.3 Å². The van der Waals surface area contributed by atoms with Crippen molar-refractivity contribution in [2.24, 2.45) is 0 Å². The van der Waals surface area contributed by atoms with Gasteiger partial charge in [-0.1, -0.05) is 30.3 Å². The van der Waals surface area contributed by atoms with Crippen LogP contribution in [0.3, 0.4) is 0 Å². The molecule has 0 saturated carbocycles. The van der Waals surface area contributed by atoms with Crippen molar-refractivity contribution in [2.45, 2.75) is 25.4 Å². The molecule has 0 bridgehead atoms. The number of H-pyrrole nitrogens is 2. The first-order chi connectivity index (χ1) is 12.6. The van der Waals surface area contributed by atoms with Crippen LogP contribution in [0.1, 0.15) is 23.6 Å². The number of aryl methyl sites for hydroxylation is 1. The van der Waals surface area contributed by atoms with Crippen molar-refractivity contribution in [1.29, 1.82) is 0 Å². The summed E-state index contributed by atoms with van der Waals surface area (Å²) in [6.45, 7) is 0.582. The van der Waals surface area contributed by atoms with Crippen molar-refractivity contribution in [3.8, 4) is 0 Å². The predicted octanol–water partition coefficient (Wildman–Crippen LogP) is 0.145. The highest BCUT2D eigenvalue weighted by Crippen LogP contribution is 2.17. The summed E-state index contributed by atoms with van der Waals surface area (Å²) in [5, 5.41) is 7.00. The van der Waals surface area contributed by atoms with Crippen molar-refractivity contribution in [3.05, 3.63) is 81.1 Å². The molecule has 0 aliphatic carbocycles. The summed E-state index contributed by atoms with van der Waals surface area (Å²) in [5.41, 5.74) is -0.0153. The molecule has 3 aromatic rings. The Hall–Kier alpha value is -3.49.